The molecule has 0 spiro atoms. The largest absolute Gasteiger partial charge is 0.496 e. The van der Waals surface area contributed by atoms with Gasteiger partial charge in [-0.1, -0.05) is 46.3 Å². The lowest BCUT2D eigenvalue weighted by Crippen LogP contribution is -2.25. The van der Waals surface area contributed by atoms with Crippen molar-refractivity contribution >= 4 is 37.6 Å². The van der Waals surface area contributed by atoms with Crippen molar-refractivity contribution in [2.75, 3.05) is 13.7 Å². The van der Waals surface area contributed by atoms with Crippen molar-refractivity contribution in [2.24, 2.45) is 0 Å². The van der Waals surface area contributed by atoms with E-state index >= 15 is 0 Å². The standard InChI is InChI=1S/C23H19BrN2O/c1-27-21-9-7-15(24)12-18(21)23-19-13-25-11-10-17(19)22-16-5-3-2-4-14(16)6-8-20(22)26-23/h2-9,12,25H,10-11,13H2,1H3. The van der Waals surface area contributed by atoms with Gasteiger partial charge in [-0.2, -0.15) is 0 Å². The zero-order valence-electron chi connectivity index (χ0n) is 15.1. The molecular formula is C23H19BrN2O. The quantitative estimate of drug-likeness (QED) is 0.438. The van der Waals surface area contributed by atoms with E-state index in [9.17, 15) is 0 Å². The first-order chi connectivity index (χ1) is 13.3. The number of ether oxygens (including phenoxy) is 1. The number of benzene rings is 3. The lowest BCUT2D eigenvalue weighted by molar-refractivity contribution is 0.416. The zero-order valence-corrected chi connectivity index (χ0v) is 16.6. The Hall–Kier alpha value is -2.43. The number of hydrogen-bond acceptors (Lipinski definition) is 3. The molecule has 0 unspecified atom stereocenters. The van der Waals surface area contributed by atoms with Crippen molar-refractivity contribution in [1.82, 2.24) is 10.3 Å². The minimum Gasteiger partial charge on any atom is -0.496 e. The first-order valence-electron chi connectivity index (χ1n) is 9.14. The Kier molecular flexibility index (Phi) is 4.10. The molecule has 1 aliphatic rings. The highest BCUT2D eigenvalue weighted by Gasteiger charge is 2.22. The van der Waals surface area contributed by atoms with Gasteiger partial charge in [0.25, 0.3) is 0 Å². The van der Waals surface area contributed by atoms with Crippen molar-refractivity contribution in [2.45, 2.75) is 13.0 Å². The summed E-state index contributed by atoms with van der Waals surface area (Å²) in [5, 5.41) is 7.37. The van der Waals surface area contributed by atoms with Crippen LogP contribution in [0.25, 0.3) is 32.9 Å². The first-order valence-corrected chi connectivity index (χ1v) is 9.93. The number of hydrogen-bond donors (Lipinski definition) is 1. The number of nitrogens with one attached hydrogen (secondary N) is 1. The molecule has 0 saturated carbocycles. The van der Waals surface area contributed by atoms with Gasteiger partial charge in [0, 0.05) is 22.0 Å². The maximum Gasteiger partial charge on any atom is 0.128 e. The van der Waals surface area contributed by atoms with E-state index in [4.69, 9.17) is 9.72 Å². The molecule has 0 amide bonds. The summed E-state index contributed by atoms with van der Waals surface area (Å²) >= 11 is 3.60. The van der Waals surface area contributed by atoms with Crippen molar-refractivity contribution in [1.29, 1.82) is 0 Å². The number of fused-ring (bicyclic) bond motifs is 5. The van der Waals surface area contributed by atoms with E-state index in [2.05, 4.69) is 63.7 Å². The van der Waals surface area contributed by atoms with Gasteiger partial charge in [0.1, 0.15) is 5.75 Å². The molecule has 134 valence electrons. The molecule has 3 nitrogen and oxygen atoms in total. The highest BCUT2D eigenvalue weighted by molar-refractivity contribution is 9.10. The summed E-state index contributed by atoms with van der Waals surface area (Å²) in [5.74, 6) is 0.846. The van der Waals surface area contributed by atoms with Crippen LogP contribution in [0.15, 0.2) is 59.1 Å². The van der Waals surface area contributed by atoms with Crippen LogP contribution in [-0.2, 0) is 13.0 Å². The van der Waals surface area contributed by atoms with E-state index in [1.807, 2.05) is 12.1 Å². The van der Waals surface area contributed by atoms with Crippen molar-refractivity contribution in [3.63, 3.8) is 0 Å². The third kappa shape index (κ3) is 2.71. The summed E-state index contributed by atoms with van der Waals surface area (Å²) in [6.45, 7) is 1.82. The summed E-state index contributed by atoms with van der Waals surface area (Å²) < 4.78 is 6.67. The average Bonchev–Trinajstić information content (AvgIpc) is 2.72. The monoisotopic (exact) mass is 418 g/mol. The smallest absolute Gasteiger partial charge is 0.128 e. The van der Waals surface area contributed by atoms with E-state index in [0.717, 1.165) is 46.5 Å². The molecular weight excluding hydrogens is 400 g/mol. The van der Waals surface area contributed by atoms with Gasteiger partial charge in [0.2, 0.25) is 0 Å². The fourth-order valence-corrected chi connectivity index (χ4v) is 4.49. The number of aromatic nitrogens is 1. The Bertz CT molecular complexity index is 1190. The molecule has 0 atom stereocenters. The molecule has 4 heteroatoms. The van der Waals surface area contributed by atoms with Crippen molar-refractivity contribution in [3.05, 3.63) is 70.2 Å². The summed E-state index contributed by atoms with van der Waals surface area (Å²) in [6.07, 6.45) is 1.01. The molecule has 4 aromatic rings. The number of nitrogens with zero attached hydrogens (tertiary/aromatic N) is 1. The second-order valence-electron chi connectivity index (χ2n) is 6.87. The van der Waals surface area contributed by atoms with E-state index in [1.165, 1.54) is 27.3 Å². The molecule has 1 N–H and O–H groups in total. The van der Waals surface area contributed by atoms with Crippen LogP contribution in [0.4, 0.5) is 0 Å². The van der Waals surface area contributed by atoms with Crippen LogP contribution in [0.3, 0.4) is 0 Å². The molecule has 1 aliphatic heterocycles. The van der Waals surface area contributed by atoms with Crippen LogP contribution in [0.5, 0.6) is 5.75 Å². The fourth-order valence-electron chi connectivity index (χ4n) is 4.13. The number of methoxy groups -OCH3 is 1. The third-order valence-electron chi connectivity index (χ3n) is 5.36. The van der Waals surface area contributed by atoms with Crippen LogP contribution >= 0.6 is 15.9 Å². The molecule has 2 heterocycles. The SMILES string of the molecule is COc1ccc(Br)cc1-c1nc2ccc3ccccc3c2c2c1CNCC2. The lowest BCUT2D eigenvalue weighted by atomic mass is 9.90. The molecule has 0 bridgehead atoms. The van der Waals surface area contributed by atoms with Gasteiger partial charge < -0.3 is 10.1 Å². The van der Waals surface area contributed by atoms with Gasteiger partial charge >= 0.3 is 0 Å². The van der Waals surface area contributed by atoms with Gasteiger partial charge in [-0.25, -0.2) is 4.98 Å². The maximum absolute atomic E-state index is 5.65. The van der Waals surface area contributed by atoms with Crippen LogP contribution in [0, 0.1) is 0 Å². The summed E-state index contributed by atoms with van der Waals surface area (Å²) in [4.78, 5) is 5.12. The summed E-state index contributed by atoms with van der Waals surface area (Å²) in [7, 11) is 1.71. The van der Waals surface area contributed by atoms with E-state index in [1.54, 1.807) is 7.11 Å². The predicted octanol–water partition coefficient (Wildman–Crippen LogP) is 5.47. The van der Waals surface area contributed by atoms with Crippen molar-refractivity contribution in [3.8, 4) is 17.0 Å². The average molecular weight is 419 g/mol. The molecule has 3 aromatic carbocycles. The Morgan fingerprint density at radius 1 is 1.04 bits per heavy atom. The van der Waals surface area contributed by atoms with Gasteiger partial charge in [-0.15, -0.1) is 0 Å². The Morgan fingerprint density at radius 2 is 1.93 bits per heavy atom. The zero-order chi connectivity index (χ0) is 18.4. The molecule has 0 radical (unpaired) electrons. The molecule has 0 saturated heterocycles. The molecule has 27 heavy (non-hydrogen) atoms. The molecule has 0 fully saturated rings. The topological polar surface area (TPSA) is 34.1 Å². The van der Waals surface area contributed by atoms with E-state index in [-0.39, 0.29) is 0 Å². The molecule has 1 aromatic heterocycles. The van der Waals surface area contributed by atoms with E-state index in [0.29, 0.717) is 0 Å². The summed E-state index contributed by atoms with van der Waals surface area (Å²) in [5.41, 5.74) is 5.78. The highest BCUT2D eigenvalue weighted by Crippen LogP contribution is 2.39. The Labute approximate surface area is 166 Å². The Morgan fingerprint density at radius 3 is 2.81 bits per heavy atom. The fraction of sp³-hybridized carbons (Fsp3) is 0.174. The minimum absolute atomic E-state index is 0.826. The lowest BCUT2D eigenvalue weighted by Gasteiger charge is -2.24. The molecule has 0 aliphatic carbocycles. The minimum atomic E-state index is 0.826. The number of rotatable bonds is 2. The predicted molar refractivity (Wildman–Crippen MR) is 114 cm³/mol. The van der Waals surface area contributed by atoms with Gasteiger partial charge in [-0.05, 0) is 59.1 Å². The first kappa shape index (κ1) is 16.7. The van der Waals surface area contributed by atoms with Gasteiger partial charge in [-0.3, -0.25) is 0 Å². The Balaban J connectivity index is 1.90. The van der Waals surface area contributed by atoms with Crippen LogP contribution in [-0.4, -0.2) is 18.6 Å². The normalized spacial score (nSPS) is 13.7. The number of halogens is 1. The summed E-state index contributed by atoms with van der Waals surface area (Å²) in [6, 6.07) is 19.0. The second-order valence-corrected chi connectivity index (χ2v) is 7.79. The second kappa shape index (κ2) is 6.63. The van der Waals surface area contributed by atoms with Gasteiger partial charge in [0.05, 0.1) is 18.3 Å². The highest BCUT2D eigenvalue weighted by atomic mass is 79.9. The third-order valence-corrected chi connectivity index (χ3v) is 5.85. The van der Waals surface area contributed by atoms with Crippen LogP contribution in [0.2, 0.25) is 0 Å². The maximum atomic E-state index is 5.65. The van der Waals surface area contributed by atoms with Crippen molar-refractivity contribution < 1.29 is 4.74 Å². The van der Waals surface area contributed by atoms with Crippen LogP contribution < -0.4 is 10.1 Å². The van der Waals surface area contributed by atoms with Crippen LogP contribution in [0.1, 0.15) is 11.1 Å². The van der Waals surface area contributed by atoms with Gasteiger partial charge in [0.15, 0.2) is 0 Å². The van der Waals surface area contributed by atoms with E-state index < -0.39 is 0 Å². The number of pyridine rings is 1. The molecule has 5 rings (SSSR count).